The van der Waals surface area contributed by atoms with E-state index in [1.165, 1.54) is 24.3 Å². The quantitative estimate of drug-likeness (QED) is 0.176. The lowest BCUT2D eigenvalue weighted by molar-refractivity contribution is -0.384. The Hall–Kier alpha value is -2.70. The summed E-state index contributed by atoms with van der Waals surface area (Å²) < 4.78 is 11.4. The number of fused-ring (bicyclic) bond motifs is 4. The number of benzene rings is 1. The molecule has 2 saturated carbocycles. The van der Waals surface area contributed by atoms with Crippen LogP contribution in [-0.2, 0) is 14.3 Å². The Balaban J connectivity index is 1.48. The van der Waals surface area contributed by atoms with Crippen LogP contribution in [0.25, 0.3) is 0 Å². The van der Waals surface area contributed by atoms with Crippen LogP contribution in [0.3, 0.4) is 0 Å². The highest BCUT2D eigenvalue weighted by Crippen LogP contribution is 2.72. The molecule has 1 aromatic carbocycles. The van der Waals surface area contributed by atoms with Gasteiger partial charge in [0.05, 0.1) is 23.9 Å². The first-order chi connectivity index (χ1) is 16.4. The minimum absolute atomic E-state index is 0.0569. The van der Waals surface area contributed by atoms with Crippen LogP contribution < -0.4 is 4.74 Å². The van der Waals surface area contributed by atoms with Crippen LogP contribution in [0, 0.1) is 49.5 Å². The fourth-order valence-electron chi connectivity index (χ4n) is 8.74. The number of esters is 2. The number of carbonyl (C=O) groups is 2. The van der Waals surface area contributed by atoms with Gasteiger partial charge in [-0.2, -0.15) is 0 Å². The Morgan fingerprint density at radius 1 is 1.09 bits per heavy atom. The van der Waals surface area contributed by atoms with Gasteiger partial charge < -0.3 is 9.47 Å². The number of cyclic esters (lactones) is 1. The van der Waals surface area contributed by atoms with Gasteiger partial charge in [-0.25, -0.2) is 0 Å². The molecule has 7 nitrogen and oxygen atoms in total. The third-order valence-corrected chi connectivity index (χ3v) is 10.4. The van der Waals surface area contributed by atoms with Crippen LogP contribution in [0.5, 0.6) is 5.75 Å². The van der Waals surface area contributed by atoms with Gasteiger partial charge in [0, 0.05) is 17.5 Å². The molecule has 0 radical (unpaired) electrons. The summed E-state index contributed by atoms with van der Waals surface area (Å²) in [5.41, 5.74) is -0.682. The van der Waals surface area contributed by atoms with Crippen molar-refractivity contribution in [3.05, 3.63) is 46.5 Å². The topological polar surface area (TPSA) is 95.7 Å². The van der Waals surface area contributed by atoms with Gasteiger partial charge in [0.1, 0.15) is 5.75 Å². The number of rotatable bonds is 3. The van der Waals surface area contributed by atoms with Gasteiger partial charge in [-0.15, -0.1) is 0 Å². The third-order valence-electron chi connectivity index (χ3n) is 10.4. The molecule has 6 atom stereocenters. The van der Waals surface area contributed by atoms with Crippen LogP contribution >= 0.6 is 0 Å². The van der Waals surface area contributed by atoms with Gasteiger partial charge in [-0.1, -0.05) is 39.8 Å². The Labute approximate surface area is 206 Å². The molecule has 4 aliphatic rings. The molecular weight excluding hydrogens is 446 g/mol. The van der Waals surface area contributed by atoms with Crippen molar-refractivity contribution in [1.82, 2.24) is 0 Å². The summed E-state index contributed by atoms with van der Waals surface area (Å²) in [6, 6.07) is 5.57. The second kappa shape index (κ2) is 7.90. The molecule has 1 heterocycles. The van der Waals surface area contributed by atoms with Gasteiger partial charge in [0.2, 0.25) is 0 Å². The van der Waals surface area contributed by atoms with Crippen molar-refractivity contribution in [3.63, 3.8) is 0 Å². The van der Waals surface area contributed by atoms with E-state index in [1.54, 1.807) is 0 Å². The number of non-ortho nitro benzene ring substituents is 1. The molecule has 1 aliphatic heterocycles. The van der Waals surface area contributed by atoms with Crippen molar-refractivity contribution in [2.75, 3.05) is 6.61 Å². The Bertz CT molecular complexity index is 1090. The molecule has 1 unspecified atom stereocenters. The van der Waals surface area contributed by atoms with Crippen LogP contribution in [0.15, 0.2) is 36.4 Å². The number of hydrogen-bond acceptors (Lipinski definition) is 6. The monoisotopic (exact) mass is 481 g/mol. The van der Waals surface area contributed by atoms with Crippen molar-refractivity contribution < 1.29 is 24.0 Å². The van der Waals surface area contributed by atoms with Gasteiger partial charge in [-0.05, 0) is 72.3 Å². The largest absolute Gasteiger partial charge is 0.465 e. The second-order valence-corrected chi connectivity index (χ2v) is 12.3. The molecule has 35 heavy (non-hydrogen) atoms. The standard InChI is InChI=1S/C28H35NO6/c1-25(2)13-5-14-26(3)21(25)12-15-27(4)22(26)11-10-20(28(27)16-23(30)34-17-28)24(31)35-19-8-6-18(7-9-19)29(32)33/h5-9,13,20-22H,10-12,14-17H2,1-4H3/t20-,21?,22-,26+,27-,28+/m1/s1. The maximum atomic E-state index is 13.6. The average molecular weight is 482 g/mol. The molecule has 0 bridgehead atoms. The lowest BCUT2D eigenvalue weighted by Crippen LogP contribution is -2.64. The predicted octanol–water partition coefficient (Wildman–Crippen LogP) is 5.87. The number of allylic oxidation sites excluding steroid dienone is 2. The number of hydrogen-bond donors (Lipinski definition) is 0. The summed E-state index contributed by atoms with van der Waals surface area (Å²) in [5.74, 6) is 0.137. The molecule has 7 heteroatoms. The van der Waals surface area contributed by atoms with E-state index in [4.69, 9.17) is 9.47 Å². The maximum absolute atomic E-state index is 13.6. The van der Waals surface area contributed by atoms with Crippen LogP contribution in [0.4, 0.5) is 5.69 Å². The van der Waals surface area contributed by atoms with E-state index in [1.807, 2.05) is 0 Å². The fraction of sp³-hybridized carbons (Fsp3) is 0.643. The van der Waals surface area contributed by atoms with E-state index in [9.17, 15) is 19.7 Å². The molecule has 1 saturated heterocycles. The molecule has 3 aliphatic carbocycles. The molecule has 3 fully saturated rings. The maximum Gasteiger partial charge on any atom is 0.315 e. The molecule has 5 rings (SSSR count). The summed E-state index contributed by atoms with van der Waals surface area (Å²) in [7, 11) is 0. The molecule has 1 spiro atoms. The Kier molecular flexibility index (Phi) is 5.42. The molecule has 0 N–H and O–H groups in total. The molecule has 1 aromatic rings. The number of carbonyl (C=O) groups excluding carboxylic acids is 2. The lowest BCUT2D eigenvalue weighted by Gasteiger charge is -2.67. The average Bonchev–Trinajstić information content (AvgIpc) is 3.17. The molecular formula is C28H35NO6. The summed E-state index contributed by atoms with van der Waals surface area (Å²) >= 11 is 0. The number of ether oxygens (including phenoxy) is 2. The van der Waals surface area contributed by atoms with Crippen molar-refractivity contribution in [2.45, 2.75) is 66.2 Å². The van der Waals surface area contributed by atoms with E-state index in [0.29, 0.717) is 18.3 Å². The van der Waals surface area contributed by atoms with E-state index >= 15 is 0 Å². The highest BCUT2D eigenvalue weighted by Gasteiger charge is 2.70. The van der Waals surface area contributed by atoms with Crippen molar-refractivity contribution in [3.8, 4) is 5.75 Å². The van der Waals surface area contributed by atoms with E-state index in [-0.39, 0.29) is 52.6 Å². The first-order valence-electron chi connectivity index (χ1n) is 12.7. The van der Waals surface area contributed by atoms with Crippen molar-refractivity contribution >= 4 is 17.6 Å². The van der Waals surface area contributed by atoms with Gasteiger partial charge in [0.25, 0.3) is 5.69 Å². The Morgan fingerprint density at radius 3 is 2.43 bits per heavy atom. The lowest BCUT2D eigenvalue weighted by atomic mass is 9.36. The second-order valence-electron chi connectivity index (χ2n) is 12.3. The highest BCUT2D eigenvalue weighted by molar-refractivity contribution is 5.80. The van der Waals surface area contributed by atoms with Crippen LogP contribution in [0.2, 0.25) is 0 Å². The predicted molar refractivity (Wildman–Crippen MR) is 129 cm³/mol. The highest BCUT2D eigenvalue weighted by atomic mass is 16.6. The van der Waals surface area contributed by atoms with E-state index < -0.39 is 16.3 Å². The SMILES string of the molecule is CC1(C)C=CC[C@@]2(C)C1CC[C@]1(C)[C@@H]2CC[C@H](C(=O)Oc2ccc([N+](=O)[O-])cc2)[C@]12COC(=O)C2. The molecule has 188 valence electrons. The number of nitro benzene ring substituents is 1. The normalized spacial score (nSPS) is 39.4. The molecule has 0 amide bonds. The number of nitrogens with zero attached hydrogens (tertiary/aromatic N) is 1. The minimum Gasteiger partial charge on any atom is -0.465 e. The first kappa shape index (κ1) is 24.0. The summed E-state index contributed by atoms with van der Waals surface area (Å²) in [6.07, 6.45) is 9.52. The number of nitro groups is 1. The van der Waals surface area contributed by atoms with Gasteiger partial charge in [-0.3, -0.25) is 19.7 Å². The van der Waals surface area contributed by atoms with Crippen molar-refractivity contribution in [1.29, 1.82) is 0 Å². The van der Waals surface area contributed by atoms with E-state index in [2.05, 4.69) is 39.8 Å². The third kappa shape index (κ3) is 3.45. The fourth-order valence-corrected chi connectivity index (χ4v) is 8.74. The molecule has 0 aromatic heterocycles. The van der Waals surface area contributed by atoms with Crippen LogP contribution in [0.1, 0.15) is 66.2 Å². The zero-order chi connectivity index (χ0) is 25.2. The zero-order valence-electron chi connectivity index (χ0n) is 21.0. The minimum atomic E-state index is -0.607. The first-order valence-corrected chi connectivity index (χ1v) is 12.7. The van der Waals surface area contributed by atoms with Crippen LogP contribution in [-0.4, -0.2) is 23.5 Å². The summed E-state index contributed by atoms with van der Waals surface area (Å²) in [4.78, 5) is 36.7. The summed E-state index contributed by atoms with van der Waals surface area (Å²) in [6.45, 7) is 9.63. The van der Waals surface area contributed by atoms with Gasteiger partial charge in [0.15, 0.2) is 0 Å². The Morgan fingerprint density at radius 2 is 1.80 bits per heavy atom. The zero-order valence-corrected chi connectivity index (χ0v) is 21.0. The van der Waals surface area contributed by atoms with Gasteiger partial charge >= 0.3 is 11.9 Å². The van der Waals surface area contributed by atoms with E-state index in [0.717, 1.165) is 25.7 Å². The smallest absolute Gasteiger partial charge is 0.315 e. The van der Waals surface area contributed by atoms with Crippen molar-refractivity contribution in [2.24, 2.45) is 39.4 Å². The summed E-state index contributed by atoms with van der Waals surface area (Å²) in [5, 5.41) is 11.0.